The van der Waals surface area contributed by atoms with Crippen LogP contribution in [0, 0.1) is 5.82 Å². The maximum Gasteiger partial charge on any atom is 0.335 e. The molecule has 0 atom stereocenters. The molecule has 2 aromatic carbocycles. The molecule has 5 nitrogen and oxygen atoms in total. The molecular weight excluding hydrogens is 297 g/mol. The van der Waals surface area contributed by atoms with Gasteiger partial charge in [-0.1, -0.05) is 22.9 Å². The van der Waals surface area contributed by atoms with Crippen molar-refractivity contribution in [1.82, 2.24) is 15.0 Å². The van der Waals surface area contributed by atoms with Crippen molar-refractivity contribution in [2.75, 3.05) is 0 Å². The Hall–Kier alpha value is -2.47. The summed E-state index contributed by atoms with van der Waals surface area (Å²) in [6.07, 6.45) is 0. The van der Waals surface area contributed by atoms with Gasteiger partial charge in [0.1, 0.15) is 11.3 Å². The van der Waals surface area contributed by atoms with Crippen molar-refractivity contribution in [2.24, 2.45) is 0 Å². The Morgan fingerprint density at radius 3 is 2.81 bits per heavy atom. The zero-order valence-electron chi connectivity index (χ0n) is 10.6. The summed E-state index contributed by atoms with van der Waals surface area (Å²) in [5.41, 5.74) is 2.11. The topological polar surface area (TPSA) is 68.0 Å². The quantitative estimate of drug-likeness (QED) is 0.808. The smallest absolute Gasteiger partial charge is 0.335 e. The van der Waals surface area contributed by atoms with E-state index in [0.717, 1.165) is 5.56 Å². The Morgan fingerprint density at radius 2 is 2.10 bits per heavy atom. The molecule has 7 heteroatoms. The van der Waals surface area contributed by atoms with Crippen LogP contribution in [0.2, 0.25) is 5.02 Å². The van der Waals surface area contributed by atoms with Crippen molar-refractivity contribution in [3.8, 4) is 0 Å². The fourth-order valence-corrected chi connectivity index (χ4v) is 2.24. The lowest BCUT2D eigenvalue weighted by atomic mass is 10.2. The zero-order valence-corrected chi connectivity index (χ0v) is 11.4. The van der Waals surface area contributed by atoms with E-state index in [1.807, 2.05) is 0 Å². The Kier molecular flexibility index (Phi) is 3.31. The molecule has 0 aliphatic heterocycles. The molecule has 0 amide bonds. The Morgan fingerprint density at radius 1 is 1.29 bits per heavy atom. The molecule has 0 unspecified atom stereocenters. The zero-order chi connectivity index (χ0) is 15.0. The Bertz CT molecular complexity index is 847. The second-order valence-electron chi connectivity index (χ2n) is 4.50. The fourth-order valence-electron chi connectivity index (χ4n) is 2.03. The van der Waals surface area contributed by atoms with E-state index in [4.69, 9.17) is 16.7 Å². The maximum absolute atomic E-state index is 13.1. The highest BCUT2D eigenvalue weighted by Crippen LogP contribution is 2.19. The number of halogens is 2. The van der Waals surface area contributed by atoms with Gasteiger partial charge in [0.15, 0.2) is 0 Å². The molecule has 106 valence electrons. The molecule has 0 aliphatic rings. The van der Waals surface area contributed by atoms with Crippen LogP contribution in [-0.2, 0) is 6.54 Å². The van der Waals surface area contributed by atoms with Gasteiger partial charge < -0.3 is 5.11 Å². The number of carboxylic acids is 1. The number of nitrogens with zero attached hydrogens (tertiary/aromatic N) is 3. The summed E-state index contributed by atoms with van der Waals surface area (Å²) in [6.45, 7) is 0.364. The average Bonchev–Trinajstić information content (AvgIpc) is 2.85. The molecule has 0 radical (unpaired) electrons. The molecule has 1 aromatic heterocycles. The predicted octanol–water partition coefficient (Wildman–Crippen LogP) is 2.97. The third kappa shape index (κ3) is 2.57. The van der Waals surface area contributed by atoms with Gasteiger partial charge in [0.25, 0.3) is 0 Å². The number of aromatic nitrogens is 3. The van der Waals surface area contributed by atoms with E-state index in [0.29, 0.717) is 17.6 Å². The third-order valence-electron chi connectivity index (χ3n) is 3.08. The molecule has 0 bridgehead atoms. The fraction of sp³-hybridized carbons (Fsp3) is 0.0714. The Labute approximate surface area is 123 Å². The summed E-state index contributed by atoms with van der Waals surface area (Å²) in [5.74, 6) is -1.49. The van der Waals surface area contributed by atoms with Crippen LogP contribution in [0.15, 0.2) is 36.4 Å². The highest BCUT2D eigenvalue weighted by molar-refractivity contribution is 6.30. The monoisotopic (exact) mass is 305 g/mol. The first-order valence-electron chi connectivity index (χ1n) is 6.05. The van der Waals surface area contributed by atoms with Gasteiger partial charge in [0.05, 0.1) is 22.6 Å². The van der Waals surface area contributed by atoms with Gasteiger partial charge >= 0.3 is 5.97 Å². The number of carboxylic acid groups (broad SMARTS) is 1. The molecule has 0 saturated carbocycles. The summed E-state index contributed by atoms with van der Waals surface area (Å²) in [7, 11) is 0. The van der Waals surface area contributed by atoms with Crippen molar-refractivity contribution in [2.45, 2.75) is 6.54 Å². The van der Waals surface area contributed by atoms with E-state index in [-0.39, 0.29) is 10.6 Å². The molecular formula is C14H9ClFN3O2. The normalized spacial score (nSPS) is 11.0. The highest BCUT2D eigenvalue weighted by Gasteiger charge is 2.10. The van der Waals surface area contributed by atoms with Gasteiger partial charge in [-0.25, -0.2) is 13.9 Å². The first kappa shape index (κ1) is 13.5. The lowest BCUT2D eigenvalue weighted by molar-refractivity contribution is 0.0697. The highest BCUT2D eigenvalue weighted by atomic mass is 35.5. The largest absolute Gasteiger partial charge is 0.478 e. The SMILES string of the molecule is O=C(O)c1ccc2c(c1)nnn2Cc1ccc(F)c(Cl)c1. The molecule has 3 aromatic rings. The molecule has 0 aliphatic carbocycles. The molecule has 1 heterocycles. The summed E-state index contributed by atoms with van der Waals surface area (Å²) in [5, 5.41) is 16.9. The number of rotatable bonds is 3. The van der Waals surface area contributed by atoms with Crippen LogP contribution in [0.4, 0.5) is 4.39 Å². The molecule has 1 N–H and O–H groups in total. The van der Waals surface area contributed by atoms with E-state index in [9.17, 15) is 9.18 Å². The number of carbonyl (C=O) groups is 1. The molecule has 0 saturated heterocycles. The van der Waals surface area contributed by atoms with Gasteiger partial charge in [0, 0.05) is 0 Å². The third-order valence-corrected chi connectivity index (χ3v) is 3.37. The van der Waals surface area contributed by atoms with E-state index < -0.39 is 11.8 Å². The van der Waals surface area contributed by atoms with E-state index in [2.05, 4.69) is 10.3 Å². The van der Waals surface area contributed by atoms with Crippen LogP contribution in [0.1, 0.15) is 15.9 Å². The maximum atomic E-state index is 13.1. The van der Waals surface area contributed by atoms with E-state index in [1.54, 1.807) is 16.8 Å². The minimum atomic E-state index is -1.02. The first-order chi connectivity index (χ1) is 10.0. The average molecular weight is 306 g/mol. The lowest BCUT2D eigenvalue weighted by Crippen LogP contribution is -2.02. The minimum absolute atomic E-state index is 0.0464. The molecule has 3 rings (SSSR count). The predicted molar refractivity (Wildman–Crippen MR) is 75.0 cm³/mol. The van der Waals surface area contributed by atoms with Crippen molar-refractivity contribution < 1.29 is 14.3 Å². The van der Waals surface area contributed by atoms with Crippen LogP contribution in [0.5, 0.6) is 0 Å². The van der Waals surface area contributed by atoms with Crippen LogP contribution >= 0.6 is 11.6 Å². The molecule has 21 heavy (non-hydrogen) atoms. The summed E-state index contributed by atoms with van der Waals surface area (Å²) in [4.78, 5) is 10.9. The summed E-state index contributed by atoms with van der Waals surface area (Å²) < 4.78 is 14.7. The van der Waals surface area contributed by atoms with Crippen molar-refractivity contribution in [1.29, 1.82) is 0 Å². The number of aromatic carboxylic acids is 1. The van der Waals surface area contributed by atoms with Gasteiger partial charge in [0.2, 0.25) is 0 Å². The van der Waals surface area contributed by atoms with E-state index >= 15 is 0 Å². The standard InChI is InChI=1S/C14H9ClFN3O2/c15-10-5-8(1-3-11(10)16)7-19-13-4-2-9(14(20)21)6-12(13)17-18-19/h1-6H,7H2,(H,20,21). The van der Waals surface area contributed by atoms with Crippen LogP contribution < -0.4 is 0 Å². The van der Waals surface area contributed by atoms with Gasteiger partial charge in [-0.15, -0.1) is 5.10 Å². The number of hydrogen-bond donors (Lipinski definition) is 1. The summed E-state index contributed by atoms with van der Waals surface area (Å²) >= 11 is 5.74. The van der Waals surface area contributed by atoms with Crippen molar-refractivity contribution in [3.63, 3.8) is 0 Å². The second kappa shape index (κ2) is 5.14. The minimum Gasteiger partial charge on any atom is -0.478 e. The summed E-state index contributed by atoms with van der Waals surface area (Å²) in [6, 6.07) is 9.01. The first-order valence-corrected chi connectivity index (χ1v) is 6.43. The number of fused-ring (bicyclic) bond motifs is 1. The van der Waals surface area contributed by atoms with E-state index in [1.165, 1.54) is 24.3 Å². The van der Waals surface area contributed by atoms with Gasteiger partial charge in [-0.3, -0.25) is 0 Å². The second-order valence-corrected chi connectivity index (χ2v) is 4.91. The molecule has 0 fully saturated rings. The lowest BCUT2D eigenvalue weighted by Gasteiger charge is -2.04. The van der Waals surface area contributed by atoms with Crippen LogP contribution in [0.3, 0.4) is 0 Å². The number of benzene rings is 2. The van der Waals surface area contributed by atoms with Crippen LogP contribution in [0.25, 0.3) is 11.0 Å². The number of hydrogen-bond acceptors (Lipinski definition) is 3. The van der Waals surface area contributed by atoms with Crippen LogP contribution in [-0.4, -0.2) is 26.1 Å². The Balaban J connectivity index is 1.97. The molecule has 0 spiro atoms. The van der Waals surface area contributed by atoms with Crippen molar-refractivity contribution >= 4 is 28.6 Å². The van der Waals surface area contributed by atoms with Gasteiger partial charge in [-0.2, -0.15) is 0 Å². The van der Waals surface area contributed by atoms with Gasteiger partial charge in [-0.05, 0) is 35.9 Å². The van der Waals surface area contributed by atoms with Crippen molar-refractivity contribution in [3.05, 3.63) is 58.4 Å².